The Balaban J connectivity index is 2.52. The van der Waals surface area contributed by atoms with Gasteiger partial charge in [-0.05, 0) is 26.0 Å². The molecule has 2 aromatic rings. The van der Waals surface area contributed by atoms with Crippen molar-refractivity contribution in [3.05, 3.63) is 40.2 Å². The van der Waals surface area contributed by atoms with Crippen LogP contribution in [-0.2, 0) is 0 Å². The maximum atomic E-state index is 12.7. The number of benzene rings is 1. The first-order valence-corrected chi connectivity index (χ1v) is 7.96. The number of thiophene rings is 1. The molecule has 2 rings (SSSR count). The second-order valence-electron chi connectivity index (χ2n) is 4.80. The number of amides is 1. The van der Waals surface area contributed by atoms with E-state index in [9.17, 15) is 4.79 Å². The molecule has 0 atom stereocenters. The standard InChI is InChI=1S/C15H17BrN2OS/c1-4-8-18(9(2)3)15(19)14-13(17)12-10(16)6-5-7-11(12)20-14/h4-7,9H,1,8,17H2,2-3H3. The Kier molecular flexibility index (Phi) is 4.50. The van der Waals surface area contributed by atoms with Gasteiger partial charge in [0.15, 0.2) is 0 Å². The molecule has 0 radical (unpaired) electrons. The van der Waals surface area contributed by atoms with Gasteiger partial charge in [-0.15, -0.1) is 17.9 Å². The van der Waals surface area contributed by atoms with E-state index in [1.807, 2.05) is 32.0 Å². The summed E-state index contributed by atoms with van der Waals surface area (Å²) >= 11 is 4.93. The second-order valence-corrected chi connectivity index (χ2v) is 6.70. The fraction of sp³-hybridized carbons (Fsp3) is 0.267. The fourth-order valence-corrected chi connectivity index (χ4v) is 3.90. The predicted octanol–water partition coefficient (Wildman–Crippen LogP) is 4.28. The van der Waals surface area contributed by atoms with Crippen LogP contribution in [0.5, 0.6) is 0 Å². The van der Waals surface area contributed by atoms with Crippen molar-refractivity contribution in [2.24, 2.45) is 0 Å². The molecule has 0 unspecified atom stereocenters. The Hall–Kier alpha value is -1.33. The molecule has 20 heavy (non-hydrogen) atoms. The molecule has 0 bridgehead atoms. The lowest BCUT2D eigenvalue weighted by Crippen LogP contribution is -2.36. The van der Waals surface area contributed by atoms with Crippen LogP contribution in [0.25, 0.3) is 10.1 Å². The monoisotopic (exact) mass is 352 g/mol. The number of nitrogens with zero attached hydrogens (tertiary/aromatic N) is 1. The lowest BCUT2D eigenvalue weighted by Gasteiger charge is -2.25. The maximum Gasteiger partial charge on any atom is 0.266 e. The zero-order valence-electron chi connectivity index (χ0n) is 11.5. The molecular formula is C15H17BrN2OS. The highest BCUT2D eigenvalue weighted by molar-refractivity contribution is 9.10. The van der Waals surface area contributed by atoms with Crippen molar-refractivity contribution in [1.82, 2.24) is 4.90 Å². The van der Waals surface area contributed by atoms with Crippen molar-refractivity contribution in [3.63, 3.8) is 0 Å². The van der Waals surface area contributed by atoms with E-state index >= 15 is 0 Å². The minimum Gasteiger partial charge on any atom is -0.397 e. The lowest BCUT2D eigenvalue weighted by atomic mass is 10.2. The highest BCUT2D eigenvalue weighted by Crippen LogP contribution is 2.38. The van der Waals surface area contributed by atoms with Crippen molar-refractivity contribution < 1.29 is 4.79 Å². The van der Waals surface area contributed by atoms with Crippen LogP contribution in [-0.4, -0.2) is 23.4 Å². The molecule has 1 amide bonds. The van der Waals surface area contributed by atoms with Gasteiger partial charge in [-0.2, -0.15) is 0 Å². The normalized spacial score (nSPS) is 11.0. The number of carbonyl (C=O) groups excluding carboxylic acids is 1. The average molecular weight is 353 g/mol. The number of carbonyl (C=O) groups is 1. The van der Waals surface area contributed by atoms with Crippen molar-refractivity contribution in [1.29, 1.82) is 0 Å². The van der Waals surface area contributed by atoms with Crippen molar-refractivity contribution in [3.8, 4) is 0 Å². The predicted molar refractivity (Wildman–Crippen MR) is 90.3 cm³/mol. The Morgan fingerprint density at radius 2 is 2.25 bits per heavy atom. The highest BCUT2D eigenvalue weighted by Gasteiger charge is 2.23. The molecular weight excluding hydrogens is 336 g/mol. The van der Waals surface area contributed by atoms with Gasteiger partial charge in [-0.25, -0.2) is 0 Å². The van der Waals surface area contributed by atoms with Crippen LogP contribution in [0.4, 0.5) is 5.69 Å². The van der Waals surface area contributed by atoms with Gasteiger partial charge in [0.1, 0.15) is 4.88 Å². The number of nitrogens with two attached hydrogens (primary N) is 1. The number of nitrogen functional groups attached to an aromatic ring is 1. The number of hydrogen-bond acceptors (Lipinski definition) is 3. The summed E-state index contributed by atoms with van der Waals surface area (Å²) in [5.41, 5.74) is 6.73. The van der Waals surface area contributed by atoms with Crippen LogP contribution >= 0.6 is 27.3 Å². The molecule has 0 spiro atoms. The first-order valence-electron chi connectivity index (χ1n) is 6.35. The van der Waals surface area contributed by atoms with Gasteiger partial charge in [0, 0.05) is 27.1 Å². The molecule has 0 saturated heterocycles. The molecule has 106 valence electrons. The Morgan fingerprint density at radius 3 is 2.80 bits per heavy atom. The van der Waals surface area contributed by atoms with Gasteiger partial charge in [0.25, 0.3) is 5.91 Å². The minimum atomic E-state index is -0.0366. The molecule has 3 nitrogen and oxygen atoms in total. The second kappa shape index (κ2) is 5.97. The summed E-state index contributed by atoms with van der Waals surface area (Å²) in [7, 11) is 0. The number of hydrogen-bond donors (Lipinski definition) is 1. The molecule has 1 heterocycles. The van der Waals surface area contributed by atoms with Crippen LogP contribution in [0.15, 0.2) is 35.3 Å². The molecule has 1 aromatic heterocycles. The zero-order chi connectivity index (χ0) is 14.9. The molecule has 0 aliphatic rings. The van der Waals surface area contributed by atoms with Crippen LogP contribution in [0, 0.1) is 0 Å². The van der Waals surface area contributed by atoms with Crippen LogP contribution in [0.3, 0.4) is 0 Å². The molecule has 5 heteroatoms. The summed E-state index contributed by atoms with van der Waals surface area (Å²) in [5.74, 6) is -0.0366. The van der Waals surface area contributed by atoms with Crippen LogP contribution in [0.1, 0.15) is 23.5 Å². The van der Waals surface area contributed by atoms with E-state index < -0.39 is 0 Å². The van der Waals surface area contributed by atoms with Crippen LogP contribution < -0.4 is 5.73 Å². The number of rotatable bonds is 4. The molecule has 0 fully saturated rings. The van der Waals surface area contributed by atoms with Crippen LogP contribution in [0.2, 0.25) is 0 Å². The maximum absolute atomic E-state index is 12.7. The summed E-state index contributed by atoms with van der Waals surface area (Å²) in [6.45, 7) is 8.20. The summed E-state index contributed by atoms with van der Waals surface area (Å²) in [6, 6.07) is 5.96. The van der Waals surface area contributed by atoms with Crippen molar-refractivity contribution in [2.45, 2.75) is 19.9 Å². The smallest absolute Gasteiger partial charge is 0.266 e. The third-order valence-corrected chi connectivity index (χ3v) is 4.93. The minimum absolute atomic E-state index is 0.0366. The zero-order valence-corrected chi connectivity index (χ0v) is 13.9. The van der Waals surface area contributed by atoms with Gasteiger partial charge < -0.3 is 10.6 Å². The van der Waals surface area contributed by atoms with E-state index in [1.165, 1.54) is 11.3 Å². The van der Waals surface area contributed by atoms with Gasteiger partial charge in [0.05, 0.1) is 5.69 Å². The molecule has 0 saturated carbocycles. The highest BCUT2D eigenvalue weighted by atomic mass is 79.9. The Labute approximate surface area is 131 Å². The molecule has 2 N–H and O–H groups in total. The number of anilines is 1. The molecule has 1 aromatic carbocycles. The molecule has 0 aliphatic heterocycles. The van der Waals surface area contributed by atoms with Gasteiger partial charge in [-0.1, -0.05) is 28.1 Å². The fourth-order valence-electron chi connectivity index (χ4n) is 2.09. The summed E-state index contributed by atoms with van der Waals surface area (Å²) in [4.78, 5) is 15.0. The van der Waals surface area contributed by atoms with E-state index in [0.29, 0.717) is 17.1 Å². The Bertz CT molecular complexity index is 663. The van der Waals surface area contributed by atoms with E-state index in [1.54, 1.807) is 11.0 Å². The van der Waals surface area contributed by atoms with Crippen molar-refractivity contribution >= 4 is 48.9 Å². The van der Waals surface area contributed by atoms with Gasteiger partial charge in [-0.3, -0.25) is 4.79 Å². The van der Waals surface area contributed by atoms with E-state index in [2.05, 4.69) is 22.5 Å². The third-order valence-electron chi connectivity index (χ3n) is 3.11. The Morgan fingerprint density at radius 1 is 1.55 bits per heavy atom. The average Bonchev–Trinajstić information content (AvgIpc) is 2.73. The quantitative estimate of drug-likeness (QED) is 0.834. The van der Waals surface area contributed by atoms with Gasteiger partial charge >= 0.3 is 0 Å². The lowest BCUT2D eigenvalue weighted by molar-refractivity contribution is 0.0735. The number of halogens is 1. The third kappa shape index (κ3) is 2.60. The SMILES string of the molecule is C=CCN(C(=O)c1sc2cccc(Br)c2c1N)C(C)C. The largest absolute Gasteiger partial charge is 0.397 e. The van der Waals surface area contributed by atoms with E-state index in [0.717, 1.165) is 14.6 Å². The summed E-state index contributed by atoms with van der Waals surface area (Å²) in [5, 5.41) is 0.920. The van der Waals surface area contributed by atoms with Gasteiger partial charge in [0.2, 0.25) is 0 Å². The van der Waals surface area contributed by atoms with Crippen molar-refractivity contribution in [2.75, 3.05) is 12.3 Å². The number of fused-ring (bicyclic) bond motifs is 1. The topological polar surface area (TPSA) is 46.3 Å². The van der Waals surface area contributed by atoms with E-state index in [-0.39, 0.29) is 11.9 Å². The summed E-state index contributed by atoms with van der Waals surface area (Å²) in [6.07, 6.45) is 1.73. The first-order chi connectivity index (χ1) is 9.47. The summed E-state index contributed by atoms with van der Waals surface area (Å²) < 4.78 is 1.94. The van der Waals surface area contributed by atoms with E-state index in [4.69, 9.17) is 5.73 Å². The molecule has 0 aliphatic carbocycles. The first kappa shape index (κ1) is 15.1.